The average Bonchev–Trinajstić information content (AvgIpc) is 2.67. The molecule has 2 aromatic heterocycles. The van der Waals surface area contributed by atoms with Crippen LogP contribution in [0.4, 0.5) is 17.1 Å². The molecule has 0 unspecified atom stereocenters. The van der Waals surface area contributed by atoms with Crippen molar-refractivity contribution in [1.29, 1.82) is 0 Å². The quantitative estimate of drug-likeness (QED) is 0.421. The highest BCUT2D eigenvalue weighted by Gasteiger charge is 2.08. The third-order valence-electron chi connectivity index (χ3n) is 4.22. The average molecular weight is 469 g/mol. The van der Waals surface area contributed by atoms with Gasteiger partial charge in [-0.05, 0) is 48.0 Å². The van der Waals surface area contributed by atoms with Gasteiger partial charge in [-0.25, -0.2) is 8.42 Å². The maximum atomic E-state index is 11.5. The molecule has 0 fully saturated rings. The summed E-state index contributed by atoms with van der Waals surface area (Å²) in [6, 6.07) is 17.5. The monoisotopic (exact) mass is 468 g/mol. The lowest BCUT2D eigenvalue weighted by Crippen LogP contribution is -2.09. The SMILES string of the molecule is CS(=O)(=O)Nc1cncc(-c2ccc3nccc(Nc4cccc(Br)c4)c3c2)c1. The molecule has 0 saturated carbocycles. The number of pyridine rings is 2. The van der Waals surface area contributed by atoms with E-state index in [9.17, 15) is 8.42 Å². The molecule has 0 bridgehead atoms. The van der Waals surface area contributed by atoms with E-state index in [-0.39, 0.29) is 0 Å². The van der Waals surface area contributed by atoms with Crippen LogP contribution in [0.2, 0.25) is 0 Å². The molecule has 2 N–H and O–H groups in total. The van der Waals surface area contributed by atoms with Crippen molar-refractivity contribution in [3.8, 4) is 11.1 Å². The molecule has 0 saturated heterocycles. The zero-order valence-electron chi connectivity index (χ0n) is 15.4. The van der Waals surface area contributed by atoms with Crippen LogP contribution >= 0.6 is 15.9 Å². The van der Waals surface area contributed by atoms with E-state index in [0.717, 1.165) is 44.1 Å². The minimum atomic E-state index is -3.37. The number of anilines is 3. The Hall–Kier alpha value is -2.97. The third kappa shape index (κ3) is 4.72. The number of benzene rings is 2. The van der Waals surface area contributed by atoms with E-state index < -0.39 is 10.0 Å². The Kier molecular flexibility index (Phi) is 5.21. The number of fused-ring (bicyclic) bond motifs is 1. The normalized spacial score (nSPS) is 11.4. The number of nitrogens with zero attached hydrogens (tertiary/aromatic N) is 2. The van der Waals surface area contributed by atoms with Gasteiger partial charge in [0.05, 0.1) is 23.7 Å². The summed E-state index contributed by atoms with van der Waals surface area (Å²) >= 11 is 3.49. The fourth-order valence-electron chi connectivity index (χ4n) is 3.02. The number of sulfonamides is 1. The van der Waals surface area contributed by atoms with Crippen LogP contribution in [0.25, 0.3) is 22.0 Å². The van der Waals surface area contributed by atoms with Crippen LogP contribution in [-0.2, 0) is 10.0 Å². The van der Waals surface area contributed by atoms with E-state index in [4.69, 9.17) is 0 Å². The maximum absolute atomic E-state index is 11.5. The van der Waals surface area contributed by atoms with Crippen molar-refractivity contribution in [2.75, 3.05) is 16.3 Å². The van der Waals surface area contributed by atoms with Gasteiger partial charge in [-0.3, -0.25) is 14.7 Å². The van der Waals surface area contributed by atoms with E-state index >= 15 is 0 Å². The highest BCUT2D eigenvalue weighted by Crippen LogP contribution is 2.31. The molecular weight excluding hydrogens is 452 g/mol. The van der Waals surface area contributed by atoms with E-state index in [2.05, 4.69) is 35.9 Å². The topological polar surface area (TPSA) is 84.0 Å². The van der Waals surface area contributed by atoms with Crippen molar-refractivity contribution in [3.05, 3.63) is 77.7 Å². The smallest absolute Gasteiger partial charge is 0.229 e. The lowest BCUT2D eigenvalue weighted by Gasteiger charge is -2.12. The fourth-order valence-corrected chi connectivity index (χ4v) is 3.96. The summed E-state index contributed by atoms with van der Waals surface area (Å²) in [6.07, 6.45) is 6.06. The predicted octanol–water partition coefficient (Wildman–Crippen LogP) is 5.17. The van der Waals surface area contributed by atoms with Crippen molar-refractivity contribution in [2.45, 2.75) is 0 Å². The van der Waals surface area contributed by atoms with Crippen molar-refractivity contribution in [2.24, 2.45) is 0 Å². The van der Waals surface area contributed by atoms with Crippen LogP contribution in [0.5, 0.6) is 0 Å². The molecule has 6 nitrogen and oxygen atoms in total. The number of halogens is 1. The zero-order chi connectivity index (χ0) is 20.4. The van der Waals surface area contributed by atoms with E-state index in [1.165, 1.54) is 6.20 Å². The first kappa shape index (κ1) is 19.4. The summed E-state index contributed by atoms with van der Waals surface area (Å²) < 4.78 is 26.5. The Morgan fingerprint density at radius 2 is 1.79 bits per heavy atom. The summed E-state index contributed by atoms with van der Waals surface area (Å²) in [6.45, 7) is 0. The van der Waals surface area contributed by atoms with Gasteiger partial charge in [0, 0.05) is 39.2 Å². The Balaban J connectivity index is 1.75. The van der Waals surface area contributed by atoms with E-state index in [1.807, 2.05) is 48.5 Å². The van der Waals surface area contributed by atoms with Gasteiger partial charge >= 0.3 is 0 Å². The highest BCUT2D eigenvalue weighted by molar-refractivity contribution is 9.10. The molecule has 0 amide bonds. The molecule has 8 heteroatoms. The van der Waals surface area contributed by atoms with Crippen LogP contribution in [0.1, 0.15) is 0 Å². The van der Waals surface area contributed by atoms with Gasteiger partial charge in [0.2, 0.25) is 10.0 Å². The molecule has 4 aromatic rings. The molecule has 0 radical (unpaired) electrons. The summed E-state index contributed by atoms with van der Waals surface area (Å²) in [4.78, 5) is 8.61. The number of hydrogen-bond donors (Lipinski definition) is 2. The largest absolute Gasteiger partial charge is 0.355 e. The van der Waals surface area contributed by atoms with Gasteiger partial charge in [-0.1, -0.05) is 28.1 Å². The first-order chi connectivity index (χ1) is 13.9. The number of hydrogen-bond acceptors (Lipinski definition) is 5. The summed E-state index contributed by atoms with van der Waals surface area (Å²) in [7, 11) is -3.37. The van der Waals surface area contributed by atoms with Gasteiger partial charge in [-0.15, -0.1) is 0 Å². The molecule has 29 heavy (non-hydrogen) atoms. The summed E-state index contributed by atoms with van der Waals surface area (Å²) in [5, 5.41) is 4.38. The molecule has 0 spiro atoms. The molecule has 0 aliphatic carbocycles. The van der Waals surface area contributed by atoms with E-state index in [0.29, 0.717) is 5.69 Å². The molecule has 2 aromatic carbocycles. The molecule has 4 rings (SSSR count). The van der Waals surface area contributed by atoms with Gasteiger partial charge in [0.25, 0.3) is 0 Å². The maximum Gasteiger partial charge on any atom is 0.229 e. The summed E-state index contributed by atoms with van der Waals surface area (Å²) in [5.41, 5.74) is 4.87. The zero-order valence-corrected chi connectivity index (χ0v) is 17.8. The van der Waals surface area contributed by atoms with Gasteiger partial charge < -0.3 is 5.32 Å². The van der Waals surface area contributed by atoms with Crippen LogP contribution in [-0.4, -0.2) is 24.6 Å². The van der Waals surface area contributed by atoms with Gasteiger partial charge in [0.15, 0.2) is 0 Å². The molecule has 2 heterocycles. The molecule has 146 valence electrons. The second kappa shape index (κ2) is 7.81. The van der Waals surface area contributed by atoms with Gasteiger partial charge in [-0.2, -0.15) is 0 Å². The Bertz CT molecular complexity index is 1310. The lowest BCUT2D eigenvalue weighted by atomic mass is 10.0. The first-order valence-electron chi connectivity index (χ1n) is 8.72. The molecule has 0 atom stereocenters. The minimum Gasteiger partial charge on any atom is -0.355 e. The van der Waals surface area contributed by atoms with Crippen molar-refractivity contribution < 1.29 is 8.42 Å². The predicted molar refractivity (Wildman–Crippen MR) is 121 cm³/mol. The Labute approximate surface area is 177 Å². The van der Waals surface area contributed by atoms with Gasteiger partial charge in [0.1, 0.15) is 0 Å². The minimum absolute atomic E-state index is 0.420. The van der Waals surface area contributed by atoms with Crippen molar-refractivity contribution in [3.63, 3.8) is 0 Å². The molecular formula is C21H17BrN4O2S. The molecule has 0 aliphatic rings. The van der Waals surface area contributed by atoms with Crippen molar-refractivity contribution in [1.82, 2.24) is 9.97 Å². The molecule has 0 aliphatic heterocycles. The van der Waals surface area contributed by atoms with Crippen LogP contribution in [0, 0.1) is 0 Å². The van der Waals surface area contributed by atoms with E-state index in [1.54, 1.807) is 18.5 Å². The van der Waals surface area contributed by atoms with Crippen LogP contribution < -0.4 is 10.0 Å². The fraction of sp³-hybridized carbons (Fsp3) is 0.0476. The third-order valence-corrected chi connectivity index (χ3v) is 5.32. The van der Waals surface area contributed by atoms with Crippen LogP contribution in [0.15, 0.2) is 77.7 Å². The highest BCUT2D eigenvalue weighted by atomic mass is 79.9. The standard InChI is InChI=1S/C21H17BrN4O2S/c1-29(27,28)26-18-9-15(12-23-13-18)14-5-6-20-19(10-14)21(7-8-24-20)25-17-4-2-3-16(22)11-17/h2-13,26H,1H3,(H,24,25). The lowest BCUT2D eigenvalue weighted by molar-refractivity contribution is 0.607. The number of nitrogens with one attached hydrogen (secondary N) is 2. The Morgan fingerprint density at radius 3 is 2.59 bits per heavy atom. The first-order valence-corrected chi connectivity index (χ1v) is 11.4. The second-order valence-electron chi connectivity index (χ2n) is 6.56. The second-order valence-corrected chi connectivity index (χ2v) is 9.23. The number of rotatable bonds is 5. The van der Waals surface area contributed by atoms with Crippen LogP contribution in [0.3, 0.4) is 0 Å². The van der Waals surface area contributed by atoms with Crippen molar-refractivity contribution >= 4 is 53.9 Å². The summed E-state index contributed by atoms with van der Waals surface area (Å²) in [5.74, 6) is 0. The Morgan fingerprint density at radius 1 is 0.931 bits per heavy atom. The number of aromatic nitrogens is 2.